The van der Waals surface area contributed by atoms with Crippen LogP contribution >= 0.6 is 11.6 Å². The highest BCUT2D eigenvalue weighted by Gasteiger charge is 2.29. The second-order valence-electron chi connectivity index (χ2n) is 4.94. The Bertz CT molecular complexity index is 831. The maximum Gasteiger partial charge on any atom is 0.416 e. The highest BCUT2D eigenvalue weighted by Crippen LogP contribution is 2.30. The summed E-state index contributed by atoms with van der Waals surface area (Å²) >= 11 is 5.91. The number of aromatic nitrogens is 2. The molecular weight excluding hydrogens is 343 g/mol. The van der Waals surface area contributed by atoms with Gasteiger partial charge in [-0.25, -0.2) is 0 Å². The third kappa shape index (κ3) is 3.86. The van der Waals surface area contributed by atoms with Gasteiger partial charge in [-0.15, -0.1) is 10.2 Å². The van der Waals surface area contributed by atoms with Crippen LogP contribution in [0.3, 0.4) is 0 Å². The first-order valence-corrected chi connectivity index (χ1v) is 7.29. The lowest BCUT2D eigenvalue weighted by Gasteiger charge is -2.08. The molecule has 0 amide bonds. The Kier molecular flexibility index (Phi) is 4.44. The SMILES string of the molecule is FC(F)(F)c1ccc(NCc2nnc(-c3cccc(Cl)c3)o2)cc1. The molecule has 0 spiro atoms. The average Bonchev–Trinajstić information content (AvgIpc) is 3.01. The molecular formula is C16H11ClF3N3O. The van der Waals surface area contributed by atoms with E-state index >= 15 is 0 Å². The molecule has 2 aromatic carbocycles. The second-order valence-corrected chi connectivity index (χ2v) is 5.38. The summed E-state index contributed by atoms with van der Waals surface area (Å²) in [5.74, 6) is 0.631. The highest BCUT2D eigenvalue weighted by atomic mass is 35.5. The molecule has 0 bridgehead atoms. The standard InChI is InChI=1S/C16H11ClF3N3O/c17-12-3-1-2-10(8-12)15-23-22-14(24-15)9-21-13-6-4-11(5-7-13)16(18,19)20/h1-8,21H,9H2. The van der Waals surface area contributed by atoms with Gasteiger partial charge in [0.1, 0.15) is 0 Å². The Labute approximate surface area is 140 Å². The van der Waals surface area contributed by atoms with E-state index in [2.05, 4.69) is 15.5 Å². The first kappa shape index (κ1) is 16.3. The van der Waals surface area contributed by atoms with Crippen LogP contribution in [-0.4, -0.2) is 10.2 Å². The number of halogens is 4. The van der Waals surface area contributed by atoms with E-state index < -0.39 is 11.7 Å². The zero-order chi connectivity index (χ0) is 17.2. The van der Waals surface area contributed by atoms with E-state index in [1.54, 1.807) is 24.3 Å². The fourth-order valence-corrected chi connectivity index (χ4v) is 2.21. The zero-order valence-corrected chi connectivity index (χ0v) is 12.9. The first-order chi connectivity index (χ1) is 11.4. The average molecular weight is 354 g/mol. The van der Waals surface area contributed by atoms with Crippen molar-refractivity contribution in [1.29, 1.82) is 0 Å². The smallest absolute Gasteiger partial charge is 0.416 e. The lowest BCUT2D eigenvalue weighted by atomic mass is 10.2. The summed E-state index contributed by atoms with van der Waals surface area (Å²) in [5, 5.41) is 11.3. The lowest BCUT2D eigenvalue weighted by Crippen LogP contribution is -2.05. The number of nitrogens with zero attached hydrogens (tertiary/aromatic N) is 2. The molecule has 0 radical (unpaired) electrons. The van der Waals surface area contributed by atoms with Gasteiger partial charge in [0.05, 0.1) is 12.1 Å². The Hall–Kier alpha value is -2.54. The van der Waals surface area contributed by atoms with Crippen molar-refractivity contribution in [3.63, 3.8) is 0 Å². The maximum absolute atomic E-state index is 12.5. The molecule has 1 N–H and O–H groups in total. The quantitative estimate of drug-likeness (QED) is 0.715. The van der Waals surface area contributed by atoms with Crippen LogP contribution in [0, 0.1) is 0 Å². The van der Waals surface area contributed by atoms with Crippen molar-refractivity contribution in [1.82, 2.24) is 10.2 Å². The number of rotatable bonds is 4. The van der Waals surface area contributed by atoms with Gasteiger partial charge in [-0.05, 0) is 42.5 Å². The summed E-state index contributed by atoms with van der Waals surface area (Å²) in [6.45, 7) is 0.193. The molecule has 24 heavy (non-hydrogen) atoms. The largest absolute Gasteiger partial charge is 0.419 e. The Morgan fingerprint density at radius 1 is 1.04 bits per heavy atom. The Morgan fingerprint density at radius 3 is 2.46 bits per heavy atom. The summed E-state index contributed by atoms with van der Waals surface area (Å²) < 4.78 is 43.0. The molecule has 0 aliphatic heterocycles. The van der Waals surface area contributed by atoms with Crippen molar-refractivity contribution in [3.8, 4) is 11.5 Å². The number of nitrogens with one attached hydrogen (secondary N) is 1. The van der Waals surface area contributed by atoms with Gasteiger partial charge in [0.25, 0.3) is 0 Å². The molecule has 8 heteroatoms. The van der Waals surface area contributed by atoms with Crippen LogP contribution in [0.5, 0.6) is 0 Å². The Morgan fingerprint density at radius 2 is 1.79 bits per heavy atom. The molecule has 0 aliphatic rings. The Balaban J connectivity index is 1.65. The number of hydrogen-bond acceptors (Lipinski definition) is 4. The van der Waals surface area contributed by atoms with Gasteiger partial charge in [-0.3, -0.25) is 0 Å². The van der Waals surface area contributed by atoms with Crippen LogP contribution in [0.1, 0.15) is 11.5 Å². The van der Waals surface area contributed by atoms with Gasteiger partial charge in [-0.1, -0.05) is 17.7 Å². The molecule has 0 fully saturated rings. The van der Waals surface area contributed by atoms with Gasteiger partial charge < -0.3 is 9.73 Å². The number of hydrogen-bond donors (Lipinski definition) is 1. The van der Waals surface area contributed by atoms with Gasteiger partial charge in [0.15, 0.2) is 0 Å². The van der Waals surface area contributed by atoms with E-state index in [-0.39, 0.29) is 6.54 Å². The molecule has 0 unspecified atom stereocenters. The van der Waals surface area contributed by atoms with Crippen molar-refractivity contribution < 1.29 is 17.6 Å². The van der Waals surface area contributed by atoms with Gasteiger partial charge in [0.2, 0.25) is 11.8 Å². The highest BCUT2D eigenvalue weighted by molar-refractivity contribution is 6.30. The van der Waals surface area contributed by atoms with E-state index in [4.69, 9.17) is 16.0 Å². The fraction of sp³-hybridized carbons (Fsp3) is 0.125. The van der Waals surface area contributed by atoms with Crippen LogP contribution in [0.4, 0.5) is 18.9 Å². The predicted molar refractivity (Wildman–Crippen MR) is 83.5 cm³/mol. The number of alkyl halides is 3. The summed E-state index contributed by atoms with van der Waals surface area (Å²) in [7, 11) is 0. The molecule has 0 saturated carbocycles. The van der Waals surface area contributed by atoms with Crippen LogP contribution in [0.2, 0.25) is 5.02 Å². The summed E-state index contributed by atoms with van der Waals surface area (Å²) in [5.41, 5.74) is 0.510. The molecule has 0 atom stereocenters. The predicted octanol–water partition coefficient (Wildman–Crippen LogP) is 5.02. The third-order valence-corrected chi connectivity index (χ3v) is 3.43. The maximum atomic E-state index is 12.5. The van der Waals surface area contributed by atoms with E-state index in [0.717, 1.165) is 12.1 Å². The molecule has 4 nitrogen and oxygen atoms in total. The van der Waals surface area contributed by atoms with Crippen molar-refractivity contribution >= 4 is 17.3 Å². The molecule has 1 aromatic heterocycles. The lowest BCUT2D eigenvalue weighted by molar-refractivity contribution is -0.137. The number of benzene rings is 2. The van der Waals surface area contributed by atoms with Crippen molar-refractivity contribution in [2.75, 3.05) is 5.32 Å². The van der Waals surface area contributed by atoms with Gasteiger partial charge in [0, 0.05) is 16.3 Å². The minimum Gasteiger partial charge on any atom is -0.419 e. The van der Waals surface area contributed by atoms with Crippen molar-refractivity contribution in [2.24, 2.45) is 0 Å². The van der Waals surface area contributed by atoms with E-state index in [1.807, 2.05) is 0 Å². The molecule has 124 valence electrons. The molecule has 0 saturated heterocycles. The van der Waals surface area contributed by atoms with Crippen molar-refractivity contribution in [3.05, 3.63) is 65.0 Å². The van der Waals surface area contributed by atoms with Gasteiger partial charge >= 0.3 is 6.18 Å². The van der Waals surface area contributed by atoms with E-state index in [1.165, 1.54) is 12.1 Å². The van der Waals surface area contributed by atoms with Crippen LogP contribution < -0.4 is 5.32 Å². The van der Waals surface area contributed by atoms with Crippen LogP contribution in [-0.2, 0) is 12.7 Å². The fourth-order valence-electron chi connectivity index (χ4n) is 2.02. The zero-order valence-electron chi connectivity index (χ0n) is 12.1. The normalized spacial score (nSPS) is 11.5. The number of anilines is 1. The minimum absolute atomic E-state index is 0.193. The summed E-state index contributed by atoms with van der Waals surface area (Å²) in [6.07, 6.45) is -4.35. The summed E-state index contributed by atoms with van der Waals surface area (Å²) in [6, 6.07) is 11.7. The monoisotopic (exact) mass is 353 g/mol. The molecule has 3 rings (SSSR count). The van der Waals surface area contributed by atoms with Crippen molar-refractivity contribution in [2.45, 2.75) is 12.7 Å². The first-order valence-electron chi connectivity index (χ1n) is 6.91. The van der Waals surface area contributed by atoms with E-state index in [9.17, 15) is 13.2 Å². The molecule has 0 aliphatic carbocycles. The molecule has 1 heterocycles. The second kappa shape index (κ2) is 6.52. The van der Waals surface area contributed by atoms with Crippen LogP contribution in [0.25, 0.3) is 11.5 Å². The summed E-state index contributed by atoms with van der Waals surface area (Å²) in [4.78, 5) is 0. The minimum atomic E-state index is -4.35. The topological polar surface area (TPSA) is 51.0 Å². The third-order valence-electron chi connectivity index (χ3n) is 3.19. The van der Waals surface area contributed by atoms with Crippen LogP contribution in [0.15, 0.2) is 52.9 Å². The molecule has 3 aromatic rings. The van der Waals surface area contributed by atoms with E-state index in [0.29, 0.717) is 28.1 Å². The van der Waals surface area contributed by atoms with Gasteiger partial charge in [-0.2, -0.15) is 13.2 Å².